The summed E-state index contributed by atoms with van der Waals surface area (Å²) in [6, 6.07) is 0.380. The van der Waals surface area contributed by atoms with E-state index in [1.54, 1.807) is 11.9 Å². The number of carbonyl (C=O) groups excluding carboxylic acids is 1. The lowest BCUT2D eigenvalue weighted by Gasteiger charge is -2.34. The molecule has 0 atom stereocenters. The lowest BCUT2D eigenvalue weighted by molar-refractivity contribution is -0.127. The van der Waals surface area contributed by atoms with Gasteiger partial charge in [-0.1, -0.05) is 6.58 Å². The first-order valence-corrected chi connectivity index (χ1v) is 3.35. The van der Waals surface area contributed by atoms with Gasteiger partial charge in [0, 0.05) is 20.1 Å². The predicted octanol–water partition coefficient (Wildman–Crippen LogP) is -0.397. The first kappa shape index (κ1) is 7.28. The van der Waals surface area contributed by atoms with Crippen molar-refractivity contribution < 1.29 is 4.79 Å². The molecule has 0 spiro atoms. The summed E-state index contributed by atoms with van der Waals surface area (Å²) >= 11 is 0. The molecule has 1 N–H and O–H groups in total. The molecule has 10 heavy (non-hydrogen) atoms. The Balaban J connectivity index is 2.38. The maximum atomic E-state index is 10.9. The first-order chi connectivity index (χ1) is 4.75. The van der Waals surface area contributed by atoms with Crippen molar-refractivity contribution in [3.05, 3.63) is 12.7 Å². The maximum absolute atomic E-state index is 10.9. The summed E-state index contributed by atoms with van der Waals surface area (Å²) in [6.45, 7) is 5.24. The van der Waals surface area contributed by atoms with E-state index in [0.717, 1.165) is 13.1 Å². The number of amides is 1. The highest BCUT2D eigenvalue weighted by atomic mass is 16.2. The quantitative estimate of drug-likeness (QED) is 0.529. The zero-order chi connectivity index (χ0) is 7.56. The molecule has 0 aromatic carbocycles. The van der Waals surface area contributed by atoms with Crippen molar-refractivity contribution >= 4 is 5.91 Å². The molecule has 1 amide bonds. The molecule has 0 aliphatic carbocycles. The van der Waals surface area contributed by atoms with Crippen LogP contribution in [0.4, 0.5) is 0 Å². The van der Waals surface area contributed by atoms with Gasteiger partial charge < -0.3 is 10.2 Å². The highest BCUT2D eigenvalue weighted by Crippen LogP contribution is 2.01. The van der Waals surface area contributed by atoms with Gasteiger partial charge in [0.1, 0.15) is 0 Å². The number of nitrogens with one attached hydrogen (secondary N) is 1. The molecule has 0 unspecified atom stereocenters. The fourth-order valence-corrected chi connectivity index (χ4v) is 0.871. The molecule has 0 aromatic heterocycles. The molecule has 1 fully saturated rings. The molecule has 1 saturated heterocycles. The van der Waals surface area contributed by atoms with Crippen LogP contribution in [0.3, 0.4) is 0 Å². The second kappa shape index (κ2) is 2.84. The molecular weight excluding hydrogens is 128 g/mol. The van der Waals surface area contributed by atoms with Gasteiger partial charge >= 0.3 is 0 Å². The number of hydrogen-bond acceptors (Lipinski definition) is 2. The first-order valence-electron chi connectivity index (χ1n) is 3.35. The molecule has 0 bridgehead atoms. The largest absolute Gasteiger partial charge is 0.337 e. The van der Waals surface area contributed by atoms with Gasteiger partial charge in [-0.3, -0.25) is 4.79 Å². The zero-order valence-electron chi connectivity index (χ0n) is 6.13. The Bertz CT molecular complexity index is 152. The van der Waals surface area contributed by atoms with Crippen LogP contribution in [0.5, 0.6) is 0 Å². The SMILES string of the molecule is C=CC(=O)N(C)C1CNC1. The Labute approximate surface area is 60.7 Å². The summed E-state index contributed by atoms with van der Waals surface area (Å²) in [6.07, 6.45) is 1.35. The summed E-state index contributed by atoms with van der Waals surface area (Å²) in [7, 11) is 1.80. The average molecular weight is 140 g/mol. The summed E-state index contributed by atoms with van der Waals surface area (Å²) in [4.78, 5) is 12.6. The van der Waals surface area contributed by atoms with Crippen LogP contribution in [0.25, 0.3) is 0 Å². The summed E-state index contributed by atoms with van der Waals surface area (Å²) in [5, 5.41) is 3.09. The van der Waals surface area contributed by atoms with E-state index in [-0.39, 0.29) is 5.91 Å². The minimum Gasteiger partial charge on any atom is -0.337 e. The van der Waals surface area contributed by atoms with Gasteiger partial charge in [-0.25, -0.2) is 0 Å². The Morgan fingerprint density at radius 3 is 2.70 bits per heavy atom. The standard InChI is InChI=1S/C7H12N2O/c1-3-7(10)9(2)6-4-8-5-6/h3,6,8H,1,4-5H2,2H3. The van der Waals surface area contributed by atoms with E-state index >= 15 is 0 Å². The minimum atomic E-state index is 0.00602. The van der Waals surface area contributed by atoms with Crippen LogP contribution in [-0.2, 0) is 4.79 Å². The van der Waals surface area contributed by atoms with E-state index in [2.05, 4.69) is 11.9 Å². The van der Waals surface area contributed by atoms with Gasteiger partial charge in [-0.05, 0) is 6.08 Å². The van der Waals surface area contributed by atoms with E-state index in [9.17, 15) is 4.79 Å². The molecule has 3 heteroatoms. The Hall–Kier alpha value is -0.830. The Kier molecular flexibility index (Phi) is 2.06. The summed E-state index contributed by atoms with van der Waals surface area (Å²) in [5.74, 6) is 0.00602. The van der Waals surface area contributed by atoms with Crippen molar-refractivity contribution in [3.8, 4) is 0 Å². The number of nitrogens with zero attached hydrogens (tertiary/aromatic N) is 1. The summed E-state index contributed by atoms with van der Waals surface area (Å²) < 4.78 is 0. The van der Waals surface area contributed by atoms with Crippen LogP contribution >= 0.6 is 0 Å². The maximum Gasteiger partial charge on any atom is 0.246 e. The van der Waals surface area contributed by atoms with Gasteiger partial charge in [0.2, 0.25) is 5.91 Å². The minimum absolute atomic E-state index is 0.00602. The van der Waals surface area contributed by atoms with E-state index in [1.165, 1.54) is 6.08 Å². The number of rotatable bonds is 2. The third-order valence-electron chi connectivity index (χ3n) is 1.83. The number of hydrogen-bond donors (Lipinski definition) is 1. The number of likely N-dealkylation sites (N-methyl/N-ethyl adjacent to an activating group) is 1. The molecule has 0 aromatic rings. The van der Waals surface area contributed by atoms with Crippen molar-refractivity contribution in [3.63, 3.8) is 0 Å². The normalized spacial score (nSPS) is 17.7. The predicted molar refractivity (Wildman–Crippen MR) is 39.6 cm³/mol. The second-order valence-electron chi connectivity index (χ2n) is 2.47. The molecular formula is C7H12N2O. The zero-order valence-corrected chi connectivity index (χ0v) is 6.13. The van der Waals surface area contributed by atoms with Crippen LogP contribution in [-0.4, -0.2) is 37.0 Å². The van der Waals surface area contributed by atoms with Gasteiger partial charge in [0.15, 0.2) is 0 Å². The third kappa shape index (κ3) is 1.19. The lowest BCUT2D eigenvalue weighted by Crippen LogP contribution is -2.57. The molecule has 1 rings (SSSR count). The van der Waals surface area contributed by atoms with Crippen molar-refractivity contribution in [2.45, 2.75) is 6.04 Å². The van der Waals surface area contributed by atoms with E-state index in [0.29, 0.717) is 6.04 Å². The fraction of sp³-hybridized carbons (Fsp3) is 0.571. The van der Waals surface area contributed by atoms with Gasteiger partial charge in [0.05, 0.1) is 6.04 Å². The van der Waals surface area contributed by atoms with Crippen LogP contribution in [0, 0.1) is 0 Å². The van der Waals surface area contributed by atoms with Crippen molar-refractivity contribution in [2.75, 3.05) is 20.1 Å². The molecule has 56 valence electrons. The third-order valence-corrected chi connectivity index (χ3v) is 1.83. The average Bonchev–Trinajstić information content (AvgIpc) is 1.82. The highest BCUT2D eigenvalue weighted by Gasteiger charge is 2.23. The molecule has 0 saturated carbocycles. The van der Waals surface area contributed by atoms with Crippen molar-refractivity contribution in [1.82, 2.24) is 10.2 Å². The van der Waals surface area contributed by atoms with Crippen LogP contribution in [0.2, 0.25) is 0 Å². The van der Waals surface area contributed by atoms with Crippen molar-refractivity contribution in [2.24, 2.45) is 0 Å². The Morgan fingerprint density at radius 2 is 2.40 bits per heavy atom. The Morgan fingerprint density at radius 1 is 1.80 bits per heavy atom. The second-order valence-corrected chi connectivity index (χ2v) is 2.47. The van der Waals surface area contributed by atoms with E-state index in [4.69, 9.17) is 0 Å². The van der Waals surface area contributed by atoms with E-state index < -0.39 is 0 Å². The topological polar surface area (TPSA) is 32.3 Å². The van der Waals surface area contributed by atoms with Crippen LogP contribution in [0.1, 0.15) is 0 Å². The van der Waals surface area contributed by atoms with Crippen LogP contribution < -0.4 is 5.32 Å². The molecule has 3 nitrogen and oxygen atoms in total. The fourth-order valence-electron chi connectivity index (χ4n) is 0.871. The summed E-state index contributed by atoms with van der Waals surface area (Å²) in [5.41, 5.74) is 0. The molecule has 1 heterocycles. The van der Waals surface area contributed by atoms with Gasteiger partial charge in [-0.15, -0.1) is 0 Å². The number of carbonyl (C=O) groups is 1. The monoisotopic (exact) mass is 140 g/mol. The van der Waals surface area contributed by atoms with Crippen LogP contribution in [0.15, 0.2) is 12.7 Å². The van der Waals surface area contributed by atoms with Gasteiger partial charge in [-0.2, -0.15) is 0 Å². The highest BCUT2D eigenvalue weighted by molar-refractivity contribution is 5.87. The van der Waals surface area contributed by atoms with Crippen molar-refractivity contribution in [1.29, 1.82) is 0 Å². The van der Waals surface area contributed by atoms with E-state index in [1.807, 2.05) is 0 Å². The smallest absolute Gasteiger partial charge is 0.246 e. The molecule has 1 aliphatic rings. The lowest BCUT2D eigenvalue weighted by atomic mass is 10.1. The van der Waals surface area contributed by atoms with Gasteiger partial charge in [0.25, 0.3) is 0 Å². The molecule has 1 aliphatic heterocycles. The molecule has 0 radical (unpaired) electrons.